The number of amides is 1. The molecule has 1 saturated heterocycles. The van der Waals surface area contributed by atoms with Crippen molar-refractivity contribution in [3.8, 4) is 0 Å². The van der Waals surface area contributed by atoms with Crippen molar-refractivity contribution < 1.29 is 14.1 Å². The summed E-state index contributed by atoms with van der Waals surface area (Å²) in [7, 11) is 0. The topological polar surface area (TPSA) is 105 Å². The van der Waals surface area contributed by atoms with Crippen LogP contribution in [0.15, 0.2) is 34.9 Å². The number of hydrogen-bond donors (Lipinski definition) is 2. The molecule has 2 aliphatic rings. The van der Waals surface area contributed by atoms with Crippen molar-refractivity contribution in [1.82, 2.24) is 15.1 Å². The zero-order chi connectivity index (χ0) is 21.9. The van der Waals surface area contributed by atoms with Crippen LogP contribution in [0.3, 0.4) is 0 Å². The molecule has 166 valence electrons. The molecule has 1 fully saturated rings. The fourth-order valence-electron chi connectivity index (χ4n) is 4.11. The SMILES string of the molecule is Cc1nc(Nc2ccc(NC(=O)c3noc4c3CCCC4)cc2)cc(N2CCOCC2)n1. The highest BCUT2D eigenvalue weighted by Gasteiger charge is 2.24. The molecule has 1 aromatic carbocycles. The van der Waals surface area contributed by atoms with E-state index >= 15 is 0 Å². The van der Waals surface area contributed by atoms with Gasteiger partial charge >= 0.3 is 0 Å². The first-order valence-electron chi connectivity index (χ1n) is 11.0. The van der Waals surface area contributed by atoms with Crippen LogP contribution in [0.5, 0.6) is 0 Å². The quantitative estimate of drug-likeness (QED) is 0.629. The molecule has 5 rings (SSSR count). The number of nitrogens with zero attached hydrogens (tertiary/aromatic N) is 4. The van der Waals surface area contributed by atoms with E-state index in [-0.39, 0.29) is 5.91 Å². The molecular weight excluding hydrogens is 408 g/mol. The van der Waals surface area contributed by atoms with Gasteiger partial charge in [-0.2, -0.15) is 0 Å². The first kappa shape index (κ1) is 20.4. The van der Waals surface area contributed by atoms with Crippen LogP contribution in [0.1, 0.15) is 40.5 Å². The Bertz CT molecular complexity index is 1110. The number of aryl methyl sites for hydroxylation is 2. The number of aromatic nitrogens is 3. The molecule has 0 spiro atoms. The van der Waals surface area contributed by atoms with E-state index in [0.717, 1.165) is 67.4 Å². The third kappa shape index (κ3) is 4.43. The minimum atomic E-state index is -0.237. The Labute approximate surface area is 186 Å². The Morgan fingerprint density at radius 3 is 2.59 bits per heavy atom. The Morgan fingerprint density at radius 1 is 1.03 bits per heavy atom. The van der Waals surface area contributed by atoms with Gasteiger partial charge in [0, 0.05) is 42.5 Å². The van der Waals surface area contributed by atoms with E-state index in [0.29, 0.717) is 30.4 Å². The van der Waals surface area contributed by atoms with Gasteiger partial charge in [0.15, 0.2) is 5.69 Å². The standard InChI is InChI=1S/C23H26N6O3/c1-15-24-20(14-21(25-15)29-10-12-31-13-11-29)26-16-6-8-17(9-7-16)27-23(30)22-18-4-2-3-5-19(18)32-28-22/h6-9,14H,2-5,10-13H2,1H3,(H,27,30)(H,24,25,26). The van der Waals surface area contributed by atoms with Crippen LogP contribution >= 0.6 is 0 Å². The molecule has 0 bridgehead atoms. The van der Waals surface area contributed by atoms with Gasteiger partial charge in [-0.3, -0.25) is 4.79 Å². The third-order valence-electron chi connectivity index (χ3n) is 5.74. The predicted molar refractivity (Wildman–Crippen MR) is 121 cm³/mol. The van der Waals surface area contributed by atoms with Crippen LogP contribution in [0.2, 0.25) is 0 Å². The van der Waals surface area contributed by atoms with Crippen LogP contribution in [0, 0.1) is 6.92 Å². The van der Waals surface area contributed by atoms with Crippen molar-refractivity contribution in [2.24, 2.45) is 0 Å². The molecular formula is C23H26N6O3. The summed E-state index contributed by atoms with van der Waals surface area (Å²) in [5.41, 5.74) is 2.91. The number of carbonyl (C=O) groups is 1. The molecule has 1 aliphatic heterocycles. The number of hydrogen-bond acceptors (Lipinski definition) is 8. The lowest BCUT2D eigenvalue weighted by Crippen LogP contribution is -2.36. The molecule has 3 aromatic rings. The first-order valence-corrected chi connectivity index (χ1v) is 11.0. The summed E-state index contributed by atoms with van der Waals surface area (Å²) in [4.78, 5) is 23.9. The average Bonchev–Trinajstić information content (AvgIpc) is 3.25. The maximum absolute atomic E-state index is 12.7. The maximum atomic E-state index is 12.7. The summed E-state index contributed by atoms with van der Waals surface area (Å²) in [6, 6.07) is 9.45. The molecule has 1 amide bonds. The van der Waals surface area contributed by atoms with Gasteiger partial charge in [-0.15, -0.1) is 0 Å². The second-order valence-electron chi connectivity index (χ2n) is 8.05. The van der Waals surface area contributed by atoms with E-state index < -0.39 is 0 Å². The van der Waals surface area contributed by atoms with Gasteiger partial charge in [-0.05, 0) is 50.5 Å². The molecule has 0 unspecified atom stereocenters. The number of benzene rings is 1. The summed E-state index contributed by atoms with van der Waals surface area (Å²) in [6.45, 7) is 4.93. The van der Waals surface area contributed by atoms with Crippen molar-refractivity contribution in [1.29, 1.82) is 0 Å². The van der Waals surface area contributed by atoms with Crippen molar-refractivity contribution in [2.45, 2.75) is 32.6 Å². The lowest BCUT2D eigenvalue weighted by atomic mass is 9.96. The van der Waals surface area contributed by atoms with E-state index in [2.05, 4.69) is 30.7 Å². The third-order valence-corrected chi connectivity index (χ3v) is 5.74. The van der Waals surface area contributed by atoms with Crippen molar-refractivity contribution in [2.75, 3.05) is 41.8 Å². The number of morpholine rings is 1. The smallest absolute Gasteiger partial charge is 0.278 e. The minimum Gasteiger partial charge on any atom is -0.378 e. The first-order chi connectivity index (χ1) is 15.7. The van der Waals surface area contributed by atoms with Gasteiger partial charge in [0.25, 0.3) is 5.91 Å². The number of rotatable bonds is 5. The number of carbonyl (C=O) groups excluding carboxylic acids is 1. The van der Waals surface area contributed by atoms with Crippen molar-refractivity contribution in [3.63, 3.8) is 0 Å². The van der Waals surface area contributed by atoms with Gasteiger partial charge < -0.3 is 24.8 Å². The fourth-order valence-corrected chi connectivity index (χ4v) is 4.11. The molecule has 0 atom stereocenters. The van der Waals surface area contributed by atoms with Crippen LogP contribution < -0.4 is 15.5 Å². The number of nitrogens with one attached hydrogen (secondary N) is 2. The Balaban J connectivity index is 1.26. The molecule has 3 heterocycles. The van der Waals surface area contributed by atoms with E-state index in [1.165, 1.54) is 0 Å². The van der Waals surface area contributed by atoms with Gasteiger partial charge in [0.05, 0.1) is 13.2 Å². The molecule has 1 aliphatic carbocycles. The lowest BCUT2D eigenvalue weighted by Gasteiger charge is -2.28. The number of anilines is 4. The summed E-state index contributed by atoms with van der Waals surface area (Å²) in [5, 5.41) is 10.2. The second kappa shape index (κ2) is 8.96. The van der Waals surface area contributed by atoms with E-state index in [4.69, 9.17) is 9.26 Å². The van der Waals surface area contributed by atoms with Crippen molar-refractivity contribution >= 4 is 28.9 Å². The van der Waals surface area contributed by atoms with E-state index in [9.17, 15) is 4.79 Å². The number of fused-ring (bicyclic) bond motifs is 1. The molecule has 0 radical (unpaired) electrons. The highest BCUT2D eigenvalue weighted by Crippen LogP contribution is 2.26. The van der Waals surface area contributed by atoms with Gasteiger partial charge in [-0.1, -0.05) is 5.16 Å². The predicted octanol–water partition coefficient (Wildman–Crippen LogP) is 3.48. The van der Waals surface area contributed by atoms with E-state index in [1.807, 2.05) is 37.3 Å². The average molecular weight is 435 g/mol. The molecule has 9 heteroatoms. The Kier molecular flexibility index (Phi) is 5.72. The molecule has 0 saturated carbocycles. The largest absolute Gasteiger partial charge is 0.378 e. The van der Waals surface area contributed by atoms with Gasteiger partial charge in [0.1, 0.15) is 23.2 Å². The summed E-state index contributed by atoms with van der Waals surface area (Å²) in [6.07, 6.45) is 3.84. The minimum absolute atomic E-state index is 0.237. The second-order valence-corrected chi connectivity index (χ2v) is 8.05. The number of ether oxygens (including phenoxy) is 1. The normalized spacial score (nSPS) is 15.8. The molecule has 2 N–H and O–H groups in total. The van der Waals surface area contributed by atoms with Crippen LogP contribution in [-0.2, 0) is 17.6 Å². The zero-order valence-corrected chi connectivity index (χ0v) is 18.1. The van der Waals surface area contributed by atoms with Gasteiger partial charge in [-0.25, -0.2) is 9.97 Å². The van der Waals surface area contributed by atoms with Gasteiger partial charge in [0.2, 0.25) is 0 Å². The van der Waals surface area contributed by atoms with Crippen LogP contribution in [0.25, 0.3) is 0 Å². The lowest BCUT2D eigenvalue weighted by molar-refractivity contribution is 0.101. The maximum Gasteiger partial charge on any atom is 0.278 e. The Morgan fingerprint density at radius 2 is 1.78 bits per heavy atom. The Hall–Kier alpha value is -3.46. The van der Waals surface area contributed by atoms with E-state index in [1.54, 1.807) is 0 Å². The zero-order valence-electron chi connectivity index (χ0n) is 18.1. The highest BCUT2D eigenvalue weighted by molar-refractivity contribution is 6.04. The highest BCUT2D eigenvalue weighted by atomic mass is 16.5. The molecule has 2 aromatic heterocycles. The van der Waals surface area contributed by atoms with Crippen LogP contribution in [-0.4, -0.2) is 47.3 Å². The molecule has 32 heavy (non-hydrogen) atoms. The summed E-state index contributed by atoms with van der Waals surface area (Å²) < 4.78 is 10.8. The summed E-state index contributed by atoms with van der Waals surface area (Å²) >= 11 is 0. The van der Waals surface area contributed by atoms with Crippen LogP contribution in [0.4, 0.5) is 23.0 Å². The monoisotopic (exact) mass is 434 g/mol. The molecule has 9 nitrogen and oxygen atoms in total. The van der Waals surface area contributed by atoms with Crippen molar-refractivity contribution in [3.05, 3.63) is 53.2 Å². The fraction of sp³-hybridized carbons (Fsp3) is 0.391. The summed E-state index contributed by atoms with van der Waals surface area (Å²) in [5.74, 6) is 2.93.